The summed E-state index contributed by atoms with van der Waals surface area (Å²) in [6, 6.07) is 5.27. The summed E-state index contributed by atoms with van der Waals surface area (Å²) < 4.78 is 48.6. The van der Waals surface area contributed by atoms with Crippen LogP contribution in [0.2, 0.25) is 0 Å². The summed E-state index contributed by atoms with van der Waals surface area (Å²) in [5.74, 6) is -1.60. The third-order valence-corrected chi connectivity index (χ3v) is 3.83. The van der Waals surface area contributed by atoms with Crippen molar-refractivity contribution in [1.82, 2.24) is 0 Å². The number of amides is 1. The first kappa shape index (κ1) is 17.0. The standard InChI is InChI=1S/C16H12F3NO5/c1-15(23,16(17,18)19)14(22)20-8-2-3-9-11(6-8)25-7-12-10(13(9)21)4-5-24-12/h2-6,23H,7H2,1H3,(H,20,22)/t15-/m1/s1. The Balaban J connectivity index is 1.87. The van der Waals surface area contributed by atoms with Gasteiger partial charge in [0.25, 0.3) is 5.91 Å². The van der Waals surface area contributed by atoms with Gasteiger partial charge in [-0.2, -0.15) is 13.2 Å². The highest BCUT2D eigenvalue weighted by atomic mass is 19.4. The van der Waals surface area contributed by atoms with E-state index in [-0.39, 0.29) is 29.4 Å². The molecular formula is C16H12F3NO5. The molecule has 132 valence electrons. The van der Waals surface area contributed by atoms with Crippen LogP contribution in [0.4, 0.5) is 18.9 Å². The van der Waals surface area contributed by atoms with Crippen molar-refractivity contribution in [3.8, 4) is 5.75 Å². The van der Waals surface area contributed by atoms with E-state index < -0.39 is 17.7 Å². The van der Waals surface area contributed by atoms with Crippen molar-refractivity contribution < 1.29 is 37.0 Å². The number of alkyl halides is 3. The summed E-state index contributed by atoms with van der Waals surface area (Å²) in [5, 5.41) is 11.3. The highest BCUT2D eigenvalue weighted by Crippen LogP contribution is 2.33. The Bertz CT molecular complexity index is 854. The number of hydrogen-bond acceptors (Lipinski definition) is 5. The molecule has 0 fully saturated rings. The zero-order valence-electron chi connectivity index (χ0n) is 12.8. The van der Waals surface area contributed by atoms with Crippen molar-refractivity contribution >= 4 is 17.4 Å². The van der Waals surface area contributed by atoms with Gasteiger partial charge in [0.1, 0.15) is 12.4 Å². The number of furan rings is 1. The number of ketones is 1. The molecule has 0 bridgehead atoms. The molecule has 1 aromatic heterocycles. The number of benzene rings is 1. The Morgan fingerprint density at radius 2 is 1.96 bits per heavy atom. The number of rotatable bonds is 2. The van der Waals surface area contributed by atoms with Gasteiger partial charge in [-0.15, -0.1) is 0 Å². The number of anilines is 1. The molecule has 6 nitrogen and oxygen atoms in total. The third-order valence-electron chi connectivity index (χ3n) is 3.83. The van der Waals surface area contributed by atoms with Gasteiger partial charge in [-0.1, -0.05) is 0 Å². The van der Waals surface area contributed by atoms with Crippen LogP contribution in [0.15, 0.2) is 34.9 Å². The van der Waals surface area contributed by atoms with E-state index in [1.807, 2.05) is 5.32 Å². The van der Waals surface area contributed by atoms with E-state index in [2.05, 4.69) is 0 Å². The predicted octanol–water partition coefficient (Wildman–Crippen LogP) is 2.65. The smallest absolute Gasteiger partial charge is 0.426 e. The fourth-order valence-corrected chi connectivity index (χ4v) is 2.23. The van der Waals surface area contributed by atoms with Crippen LogP contribution in [-0.2, 0) is 11.4 Å². The molecule has 1 aliphatic heterocycles. The lowest BCUT2D eigenvalue weighted by Crippen LogP contribution is -2.52. The van der Waals surface area contributed by atoms with Gasteiger partial charge in [0.15, 0.2) is 11.5 Å². The average molecular weight is 355 g/mol. The first-order valence-corrected chi connectivity index (χ1v) is 7.10. The lowest BCUT2D eigenvalue weighted by atomic mass is 10.0. The molecule has 2 aromatic rings. The molecule has 3 rings (SSSR count). The minimum atomic E-state index is -5.14. The Morgan fingerprint density at radius 3 is 2.64 bits per heavy atom. The van der Waals surface area contributed by atoms with Gasteiger partial charge in [0.2, 0.25) is 5.60 Å². The van der Waals surface area contributed by atoms with Gasteiger partial charge in [-0.05, 0) is 25.1 Å². The summed E-state index contributed by atoms with van der Waals surface area (Å²) in [6.07, 6.45) is -3.78. The molecule has 0 spiro atoms. The maximum atomic E-state index is 12.7. The van der Waals surface area contributed by atoms with E-state index in [0.29, 0.717) is 18.2 Å². The number of carbonyl (C=O) groups excluding carboxylic acids is 2. The second-order valence-electron chi connectivity index (χ2n) is 5.61. The quantitative estimate of drug-likeness (QED) is 0.865. The number of fused-ring (bicyclic) bond motifs is 2. The van der Waals surface area contributed by atoms with Crippen molar-refractivity contribution in [1.29, 1.82) is 0 Å². The van der Waals surface area contributed by atoms with Crippen LogP contribution >= 0.6 is 0 Å². The highest BCUT2D eigenvalue weighted by molar-refractivity contribution is 6.12. The van der Waals surface area contributed by atoms with Gasteiger partial charge in [0, 0.05) is 11.8 Å². The molecule has 2 N–H and O–H groups in total. The van der Waals surface area contributed by atoms with Crippen molar-refractivity contribution in [2.24, 2.45) is 0 Å². The Kier molecular flexibility index (Phi) is 3.83. The molecule has 1 atom stereocenters. The molecule has 9 heteroatoms. The molecule has 0 unspecified atom stereocenters. The highest BCUT2D eigenvalue weighted by Gasteiger charge is 2.55. The van der Waals surface area contributed by atoms with Crippen molar-refractivity contribution in [2.45, 2.75) is 25.3 Å². The van der Waals surface area contributed by atoms with Crippen molar-refractivity contribution in [3.63, 3.8) is 0 Å². The van der Waals surface area contributed by atoms with Crippen molar-refractivity contribution in [2.75, 3.05) is 5.32 Å². The lowest BCUT2D eigenvalue weighted by molar-refractivity contribution is -0.242. The van der Waals surface area contributed by atoms with E-state index in [0.717, 1.165) is 0 Å². The van der Waals surface area contributed by atoms with Crippen LogP contribution in [0.25, 0.3) is 0 Å². The molecular weight excluding hydrogens is 343 g/mol. The molecule has 1 aliphatic rings. The van der Waals surface area contributed by atoms with Crippen LogP contribution in [0.5, 0.6) is 5.75 Å². The molecule has 25 heavy (non-hydrogen) atoms. The fourth-order valence-electron chi connectivity index (χ4n) is 2.23. The first-order valence-electron chi connectivity index (χ1n) is 7.10. The fraction of sp³-hybridized carbons (Fsp3) is 0.250. The van der Waals surface area contributed by atoms with Crippen LogP contribution in [0, 0.1) is 0 Å². The topological polar surface area (TPSA) is 88.8 Å². The normalized spacial score (nSPS) is 16.1. The molecule has 0 radical (unpaired) electrons. The van der Waals surface area contributed by atoms with E-state index in [1.165, 1.54) is 30.5 Å². The minimum Gasteiger partial charge on any atom is -0.485 e. The zero-order chi connectivity index (χ0) is 18.4. The van der Waals surface area contributed by atoms with E-state index in [9.17, 15) is 27.9 Å². The summed E-state index contributed by atoms with van der Waals surface area (Å²) in [5.41, 5.74) is -3.10. The third kappa shape index (κ3) is 2.86. The van der Waals surface area contributed by atoms with Crippen molar-refractivity contribution in [3.05, 3.63) is 47.4 Å². The van der Waals surface area contributed by atoms with E-state index in [1.54, 1.807) is 0 Å². The number of carbonyl (C=O) groups is 2. The first-order chi connectivity index (χ1) is 11.6. The van der Waals surface area contributed by atoms with Crippen LogP contribution in [0.3, 0.4) is 0 Å². The number of halogens is 3. The largest absolute Gasteiger partial charge is 0.485 e. The average Bonchev–Trinajstić information content (AvgIpc) is 2.95. The van der Waals surface area contributed by atoms with Gasteiger partial charge >= 0.3 is 6.18 Å². The summed E-state index contributed by atoms with van der Waals surface area (Å²) in [6.45, 7) is 0.308. The minimum absolute atomic E-state index is 0.0429. The molecule has 0 saturated carbocycles. The second kappa shape index (κ2) is 5.62. The van der Waals surface area contributed by atoms with Gasteiger partial charge in [-0.3, -0.25) is 9.59 Å². The maximum absolute atomic E-state index is 12.7. The Labute approximate surface area is 139 Å². The summed E-state index contributed by atoms with van der Waals surface area (Å²) in [4.78, 5) is 24.1. The van der Waals surface area contributed by atoms with E-state index in [4.69, 9.17) is 9.15 Å². The van der Waals surface area contributed by atoms with Crippen LogP contribution in [-0.4, -0.2) is 28.6 Å². The Hall–Kier alpha value is -2.81. The van der Waals surface area contributed by atoms with Crippen LogP contribution < -0.4 is 10.1 Å². The molecule has 0 aliphatic carbocycles. The summed E-state index contributed by atoms with van der Waals surface area (Å²) in [7, 11) is 0. The van der Waals surface area contributed by atoms with Gasteiger partial charge in [0.05, 0.1) is 17.4 Å². The molecule has 0 saturated heterocycles. The SMILES string of the molecule is C[C@@](O)(C(=O)Nc1ccc2c(c1)OCc1occc1C2=O)C(F)(F)F. The number of aliphatic hydroxyl groups is 1. The van der Waals surface area contributed by atoms with E-state index >= 15 is 0 Å². The number of hydrogen-bond donors (Lipinski definition) is 2. The predicted molar refractivity (Wildman–Crippen MR) is 78.2 cm³/mol. The Morgan fingerprint density at radius 1 is 1.24 bits per heavy atom. The molecule has 1 amide bonds. The summed E-state index contributed by atoms with van der Waals surface area (Å²) >= 11 is 0. The van der Waals surface area contributed by atoms with Gasteiger partial charge < -0.3 is 19.6 Å². The number of nitrogens with one attached hydrogen (secondary N) is 1. The molecule has 1 aromatic carbocycles. The van der Waals surface area contributed by atoms with Crippen LogP contribution in [0.1, 0.15) is 28.6 Å². The monoisotopic (exact) mass is 355 g/mol. The number of ether oxygens (including phenoxy) is 1. The zero-order valence-corrected chi connectivity index (χ0v) is 12.8. The lowest BCUT2D eigenvalue weighted by Gasteiger charge is -2.25. The second-order valence-corrected chi connectivity index (χ2v) is 5.61. The maximum Gasteiger partial charge on any atom is 0.426 e. The van der Waals surface area contributed by atoms with Gasteiger partial charge in [-0.25, -0.2) is 0 Å². The molecule has 2 heterocycles.